The lowest BCUT2D eigenvalue weighted by molar-refractivity contribution is 0.776. The van der Waals surface area contributed by atoms with E-state index in [1.54, 1.807) is 0 Å². The molecule has 0 atom stereocenters. The molecule has 0 N–H and O–H groups in total. The zero-order valence-corrected chi connectivity index (χ0v) is 13.0. The Kier molecular flexibility index (Phi) is 4.97. The number of rotatable bonds is 5. The van der Waals surface area contributed by atoms with Crippen molar-refractivity contribution < 1.29 is 0 Å². The van der Waals surface area contributed by atoms with Crippen LogP contribution in [-0.2, 0) is 6.42 Å². The lowest BCUT2D eigenvalue weighted by Crippen LogP contribution is -2.20. The molecule has 2 aromatic rings. The molecule has 0 radical (unpaired) electrons. The van der Waals surface area contributed by atoms with Crippen LogP contribution in [0.25, 0.3) is 0 Å². The third-order valence-electron chi connectivity index (χ3n) is 3.20. The zero-order valence-electron chi connectivity index (χ0n) is 11.4. The first-order valence-corrected chi connectivity index (χ1v) is 7.34. The predicted molar refractivity (Wildman–Crippen MR) is 84.7 cm³/mol. The van der Waals surface area contributed by atoms with Crippen LogP contribution in [0.2, 0.25) is 0 Å². The van der Waals surface area contributed by atoms with Crippen molar-refractivity contribution in [3.05, 3.63) is 58.2 Å². The van der Waals surface area contributed by atoms with Crippen LogP contribution in [0, 0.1) is 6.92 Å². The lowest BCUT2D eigenvalue weighted by atomic mass is 10.1. The van der Waals surface area contributed by atoms with Crippen molar-refractivity contribution in [2.45, 2.75) is 19.8 Å². The van der Waals surface area contributed by atoms with Crippen molar-refractivity contribution >= 4 is 21.7 Å². The fraction of sp³-hybridized carbons (Fsp3) is 0.312. The number of nitrogens with zero attached hydrogens (tertiary/aromatic N) is 2. The molecule has 0 unspecified atom stereocenters. The van der Waals surface area contributed by atoms with Crippen LogP contribution in [-0.4, -0.2) is 18.6 Å². The highest BCUT2D eigenvalue weighted by atomic mass is 79.9. The molecule has 2 rings (SSSR count). The number of aromatic nitrogens is 1. The smallest absolute Gasteiger partial charge is 0.128 e. The second-order valence-electron chi connectivity index (χ2n) is 4.75. The van der Waals surface area contributed by atoms with Crippen molar-refractivity contribution in [2.24, 2.45) is 0 Å². The number of aryl methyl sites for hydroxylation is 2. The minimum absolute atomic E-state index is 1.02. The van der Waals surface area contributed by atoms with Crippen molar-refractivity contribution in [1.29, 1.82) is 0 Å². The largest absolute Gasteiger partial charge is 0.360 e. The Morgan fingerprint density at radius 2 is 1.84 bits per heavy atom. The molecular formula is C16H19BrN2. The first kappa shape index (κ1) is 14.1. The van der Waals surface area contributed by atoms with Gasteiger partial charge in [0.25, 0.3) is 0 Å². The number of hydrogen-bond donors (Lipinski definition) is 0. The van der Waals surface area contributed by atoms with Crippen molar-refractivity contribution in [3.8, 4) is 0 Å². The van der Waals surface area contributed by atoms with Gasteiger partial charge in [-0.1, -0.05) is 30.3 Å². The van der Waals surface area contributed by atoms with E-state index in [4.69, 9.17) is 0 Å². The topological polar surface area (TPSA) is 16.1 Å². The summed E-state index contributed by atoms with van der Waals surface area (Å²) in [6.07, 6.45) is 2.25. The Labute approximate surface area is 123 Å². The van der Waals surface area contributed by atoms with E-state index < -0.39 is 0 Å². The maximum Gasteiger partial charge on any atom is 0.128 e. The van der Waals surface area contributed by atoms with Gasteiger partial charge in [-0.05, 0) is 53.4 Å². The van der Waals surface area contributed by atoms with Gasteiger partial charge in [-0.15, -0.1) is 0 Å². The van der Waals surface area contributed by atoms with Crippen molar-refractivity contribution in [2.75, 3.05) is 18.5 Å². The molecule has 100 valence electrons. The standard InChI is InChI=1S/C16H19BrN2/c1-13-15(17)10-11-16(18-13)19(2)12-6-9-14-7-4-3-5-8-14/h3-5,7-8,10-11H,6,9,12H2,1-2H3. The molecule has 19 heavy (non-hydrogen) atoms. The summed E-state index contributed by atoms with van der Waals surface area (Å²) >= 11 is 3.48. The van der Waals surface area contributed by atoms with Gasteiger partial charge in [0.05, 0.1) is 5.69 Å². The summed E-state index contributed by atoms with van der Waals surface area (Å²) in [5.74, 6) is 1.04. The molecule has 0 saturated carbocycles. The van der Waals surface area contributed by atoms with E-state index in [9.17, 15) is 0 Å². The predicted octanol–water partition coefficient (Wildman–Crippen LogP) is 4.22. The molecule has 0 aliphatic rings. The summed E-state index contributed by atoms with van der Waals surface area (Å²) in [6, 6.07) is 14.7. The van der Waals surface area contributed by atoms with Crippen LogP contribution >= 0.6 is 15.9 Å². The Morgan fingerprint density at radius 3 is 2.53 bits per heavy atom. The van der Waals surface area contributed by atoms with Crippen molar-refractivity contribution in [1.82, 2.24) is 4.98 Å². The fourth-order valence-electron chi connectivity index (χ4n) is 2.02. The Bertz CT molecular complexity index is 526. The average Bonchev–Trinajstić information content (AvgIpc) is 2.43. The summed E-state index contributed by atoms with van der Waals surface area (Å²) in [6.45, 7) is 3.04. The highest BCUT2D eigenvalue weighted by molar-refractivity contribution is 9.10. The fourth-order valence-corrected chi connectivity index (χ4v) is 2.24. The van der Waals surface area contributed by atoms with Gasteiger partial charge in [0, 0.05) is 18.1 Å². The molecule has 1 heterocycles. The van der Waals surface area contributed by atoms with E-state index >= 15 is 0 Å². The lowest BCUT2D eigenvalue weighted by Gasteiger charge is -2.18. The van der Waals surface area contributed by atoms with Crippen LogP contribution in [0.5, 0.6) is 0 Å². The molecule has 0 spiro atoms. The quantitative estimate of drug-likeness (QED) is 0.820. The van der Waals surface area contributed by atoms with Crippen molar-refractivity contribution in [3.63, 3.8) is 0 Å². The van der Waals surface area contributed by atoms with Crippen LogP contribution in [0.4, 0.5) is 5.82 Å². The Hall–Kier alpha value is -1.35. The van der Waals surface area contributed by atoms with Crippen LogP contribution in [0.3, 0.4) is 0 Å². The summed E-state index contributed by atoms with van der Waals surface area (Å²) < 4.78 is 1.06. The second-order valence-corrected chi connectivity index (χ2v) is 5.60. The zero-order chi connectivity index (χ0) is 13.7. The number of pyridine rings is 1. The van der Waals surface area contributed by atoms with Crippen LogP contribution in [0.15, 0.2) is 46.9 Å². The van der Waals surface area contributed by atoms with E-state index in [1.165, 1.54) is 5.56 Å². The van der Waals surface area contributed by atoms with Crippen LogP contribution in [0.1, 0.15) is 17.7 Å². The van der Waals surface area contributed by atoms with Gasteiger partial charge < -0.3 is 4.90 Å². The van der Waals surface area contributed by atoms with Gasteiger partial charge in [-0.2, -0.15) is 0 Å². The van der Waals surface area contributed by atoms with Crippen LogP contribution < -0.4 is 4.90 Å². The number of benzene rings is 1. The summed E-state index contributed by atoms with van der Waals surface area (Å²) in [4.78, 5) is 6.79. The molecule has 0 saturated heterocycles. The molecule has 3 heteroatoms. The third-order valence-corrected chi connectivity index (χ3v) is 4.04. The van der Waals surface area contributed by atoms with Gasteiger partial charge in [-0.25, -0.2) is 4.98 Å². The second kappa shape index (κ2) is 6.71. The van der Waals surface area contributed by atoms with Gasteiger partial charge in [0.15, 0.2) is 0 Å². The summed E-state index contributed by atoms with van der Waals surface area (Å²) in [7, 11) is 2.10. The first-order valence-electron chi connectivity index (χ1n) is 6.55. The minimum Gasteiger partial charge on any atom is -0.360 e. The number of hydrogen-bond acceptors (Lipinski definition) is 2. The molecular weight excluding hydrogens is 300 g/mol. The molecule has 0 bridgehead atoms. The highest BCUT2D eigenvalue weighted by Gasteiger charge is 2.04. The average molecular weight is 319 g/mol. The molecule has 1 aromatic heterocycles. The Morgan fingerprint density at radius 1 is 1.11 bits per heavy atom. The summed E-state index contributed by atoms with van der Waals surface area (Å²) in [5.41, 5.74) is 2.43. The molecule has 1 aromatic carbocycles. The molecule has 0 aliphatic heterocycles. The Balaban J connectivity index is 1.87. The van der Waals surface area contributed by atoms with Gasteiger partial charge in [0.1, 0.15) is 5.82 Å². The first-order chi connectivity index (χ1) is 9.16. The molecule has 0 aliphatic carbocycles. The maximum absolute atomic E-state index is 4.58. The van der Waals surface area contributed by atoms with Gasteiger partial charge in [0.2, 0.25) is 0 Å². The number of halogens is 1. The maximum atomic E-state index is 4.58. The van der Waals surface area contributed by atoms with E-state index in [0.717, 1.165) is 35.4 Å². The van der Waals surface area contributed by atoms with E-state index in [0.29, 0.717) is 0 Å². The molecule has 0 amide bonds. The molecule has 2 nitrogen and oxygen atoms in total. The minimum atomic E-state index is 1.02. The summed E-state index contributed by atoms with van der Waals surface area (Å²) in [5, 5.41) is 0. The van der Waals surface area contributed by atoms with E-state index in [1.807, 2.05) is 6.92 Å². The highest BCUT2D eigenvalue weighted by Crippen LogP contribution is 2.18. The monoisotopic (exact) mass is 318 g/mol. The van der Waals surface area contributed by atoms with E-state index in [2.05, 4.69) is 75.3 Å². The SMILES string of the molecule is Cc1nc(N(C)CCCc2ccccc2)ccc1Br. The van der Waals surface area contributed by atoms with E-state index in [-0.39, 0.29) is 0 Å². The number of anilines is 1. The van der Waals surface area contributed by atoms with Gasteiger partial charge >= 0.3 is 0 Å². The molecule has 0 fully saturated rings. The van der Waals surface area contributed by atoms with Gasteiger partial charge in [-0.3, -0.25) is 0 Å². The third kappa shape index (κ3) is 4.06. The normalized spacial score (nSPS) is 10.5.